The highest BCUT2D eigenvalue weighted by molar-refractivity contribution is 5.87. The Balaban J connectivity index is 1.99. The molecule has 0 radical (unpaired) electrons. The number of rotatable bonds is 5. The molecule has 4 rings (SSSR count). The lowest BCUT2D eigenvalue weighted by Gasteiger charge is -2.29. The first-order valence-corrected chi connectivity index (χ1v) is 9.22. The second kappa shape index (κ2) is 7.79. The summed E-state index contributed by atoms with van der Waals surface area (Å²) in [4.78, 5) is 0. The lowest BCUT2D eigenvalue weighted by molar-refractivity contribution is 0.345. The average molecular weight is 404 g/mol. The minimum absolute atomic E-state index is 0.169. The summed E-state index contributed by atoms with van der Waals surface area (Å²) in [6.07, 6.45) is 0. The summed E-state index contributed by atoms with van der Waals surface area (Å²) in [5, 5.41) is 25.5. The fourth-order valence-corrected chi connectivity index (χ4v) is 3.78. The average Bonchev–Trinajstić information content (AvgIpc) is 3.21. The number of aromatic amines is 1. The van der Waals surface area contributed by atoms with E-state index in [2.05, 4.69) is 16.3 Å². The number of hydrogen-bond donors (Lipinski definition) is 2. The lowest BCUT2D eigenvalue weighted by Crippen LogP contribution is -2.31. The van der Waals surface area contributed by atoms with E-state index < -0.39 is 11.8 Å². The van der Waals surface area contributed by atoms with Gasteiger partial charge in [0.1, 0.15) is 11.7 Å². The summed E-state index contributed by atoms with van der Waals surface area (Å²) in [5.41, 5.74) is 2.98. The molecule has 0 amide bonds. The van der Waals surface area contributed by atoms with E-state index in [1.54, 1.807) is 33.5 Å². The molecule has 2 heterocycles. The Morgan fingerprint density at radius 3 is 2.33 bits per heavy atom. The van der Waals surface area contributed by atoms with Crippen LogP contribution >= 0.6 is 0 Å². The fourth-order valence-electron chi connectivity index (χ4n) is 3.78. The third kappa shape index (κ3) is 3.01. The van der Waals surface area contributed by atoms with Crippen molar-refractivity contribution < 1.29 is 18.9 Å². The van der Waals surface area contributed by atoms with Gasteiger partial charge in [0.05, 0.1) is 38.7 Å². The van der Waals surface area contributed by atoms with Crippen LogP contribution < -0.4 is 18.9 Å². The molecule has 2 aromatic carbocycles. The quantitative estimate of drug-likeness (QED) is 0.670. The van der Waals surface area contributed by atoms with Gasteiger partial charge in [-0.25, -0.2) is 0 Å². The zero-order valence-corrected chi connectivity index (χ0v) is 16.7. The second-order valence-electron chi connectivity index (χ2n) is 6.68. The van der Waals surface area contributed by atoms with Gasteiger partial charge in [0.25, 0.3) is 0 Å². The van der Waals surface area contributed by atoms with E-state index in [4.69, 9.17) is 24.4 Å². The third-order valence-corrected chi connectivity index (χ3v) is 5.17. The minimum Gasteiger partial charge on any atom is -0.496 e. The van der Waals surface area contributed by atoms with E-state index in [0.29, 0.717) is 28.4 Å². The molecule has 8 heteroatoms. The van der Waals surface area contributed by atoms with Crippen molar-refractivity contribution in [1.82, 2.24) is 10.2 Å². The van der Waals surface area contributed by atoms with Crippen LogP contribution in [0.5, 0.6) is 23.1 Å². The molecule has 0 saturated carbocycles. The van der Waals surface area contributed by atoms with Gasteiger partial charge in [-0.2, -0.15) is 5.26 Å². The van der Waals surface area contributed by atoms with Crippen molar-refractivity contribution in [3.8, 4) is 40.5 Å². The van der Waals surface area contributed by atoms with Crippen molar-refractivity contribution in [3.05, 3.63) is 53.6 Å². The molecule has 1 aliphatic rings. The van der Waals surface area contributed by atoms with Crippen molar-refractivity contribution >= 4 is 5.90 Å². The van der Waals surface area contributed by atoms with Crippen molar-refractivity contribution in [3.63, 3.8) is 0 Å². The van der Waals surface area contributed by atoms with E-state index in [1.165, 1.54) is 0 Å². The predicted molar refractivity (Wildman–Crippen MR) is 109 cm³/mol. The molecule has 1 aromatic heterocycles. The molecular weight excluding hydrogens is 384 g/mol. The van der Waals surface area contributed by atoms with Crippen LogP contribution in [0, 0.1) is 22.7 Å². The van der Waals surface area contributed by atoms with Gasteiger partial charge in [0.2, 0.25) is 11.8 Å². The Labute approximate surface area is 173 Å². The van der Waals surface area contributed by atoms with E-state index in [9.17, 15) is 5.26 Å². The fraction of sp³-hybridized carbons (Fsp3) is 0.227. The number of nitriles is 1. The van der Waals surface area contributed by atoms with E-state index in [-0.39, 0.29) is 11.8 Å². The van der Waals surface area contributed by atoms with Crippen LogP contribution in [0.25, 0.3) is 11.3 Å². The topological polar surface area (TPSA) is 113 Å². The molecule has 0 fully saturated rings. The number of aromatic nitrogens is 2. The molecule has 0 saturated heterocycles. The lowest BCUT2D eigenvalue weighted by atomic mass is 9.78. The summed E-state index contributed by atoms with van der Waals surface area (Å²) in [5.74, 6) is 0.183. The van der Waals surface area contributed by atoms with Crippen LogP contribution in [0.4, 0.5) is 0 Å². The van der Waals surface area contributed by atoms with Crippen molar-refractivity contribution in [2.45, 2.75) is 5.92 Å². The second-order valence-corrected chi connectivity index (χ2v) is 6.68. The molecular formula is C22H20N4O4. The smallest absolute Gasteiger partial charge is 0.244 e. The number of ether oxygens (including phenoxy) is 4. The number of nitrogens with one attached hydrogen (secondary N) is 2. The van der Waals surface area contributed by atoms with Gasteiger partial charge in [0, 0.05) is 17.5 Å². The van der Waals surface area contributed by atoms with Gasteiger partial charge < -0.3 is 18.9 Å². The van der Waals surface area contributed by atoms with Gasteiger partial charge in [-0.05, 0) is 11.6 Å². The van der Waals surface area contributed by atoms with Gasteiger partial charge in [0.15, 0.2) is 11.5 Å². The SMILES string of the molecule is COc1cc(OC)c(C2c3c(n[nH]c3-c3ccccc3)OC(=N)C2C#N)cc1OC. The number of nitrogens with zero attached hydrogens (tertiary/aromatic N) is 2. The summed E-state index contributed by atoms with van der Waals surface area (Å²) in [6.45, 7) is 0. The first-order valence-electron chi connectivity index (χ1n) is 9.22. The number of methoxy groups -OCH3 is 3. The molecule has 30 heavy (non-hydrogen) atoms. The van der Waals surface area contributed by atoms with Gasteiger partial charge in [-0.3, -0.25) is 10.5 Å². The maximum absolute atomic E-state index is 9.91. The van der Waals surface area contributed by atoms with Crippen LogP contribution in [0.2, 0.25) is 0 Å². The number of H-pyrrole nitrogens is 1. The van der Waals surface area contributed by atoms with Gasteiger partial charge >= 0.3 is 0 Å². The van der Waals surface area contributed by atoms with Crippen LogP contribution in [0.15, 0.2) is 42.5 Å². The van der Waals surface area contributed by atoms with Crippen molar-refractivity contribution in [1.29, 1.82) is 10.7 Å². The van der Waals surface area contributed by atoms with Gasteiger partial charge in [-0.15, -0.1) is 5.10 Å². The normalized spacial score (nSPS) is 17.5. The zero-order chi connectivity index (χ0) is 21.3. The predicted octanol–water partition coefficient (Wildman–Crippen LogP) is 3.74. The zero-order valence-electron chi connectivity index (χ0n) is 16.7. The highest BCUT2D eigenvalue weighted by atomic mass is 16.5. The molecule has 0 spiro atoms. The minimum atomic E-state index is -0.871. The van der Waals surface area contributed by atoms with Crippen LogP contribution in [-0.4, -0.2) is 37.4 Å². The highest BCUT2D eigenvalue weighted by Gasteiger charge is 2.42. The monoisotopic (exact) mass is 404 g/mol. The molecule has 1 aliphatic heterocycles. The summed E-state index contributed by atoms with van der Waals surface area (Å²) in [6, 6.07) is 15.3. The van der Waals surface area contributed by atoms with Crippen molar-refractivity contribution in [2.24, 2.45) is 5.92 Å². The molecule has 2 N–H and O–H groups in total. The van der Waals surface area contributed by atoms with E-state index >= 15 is 0 Å². The summed E-state index contributed by atoms with van der Waals surface area (Å²) >= 11 is 0. The molecule has 2 atom stereocenters. The standard InChI is InChI=1S/C22H20N4O4/c1-27-15-10-17(29-3)16(28-2)9-13(15)18-14(11-23)21(24)30-22-19(18)20(25-26-22)12-7-5-4-6-8-12/h4-10,14,18,24H,1-3H3,(H,25,26). The Morgan fingerprint density at radius 2 is 1.70 bits per heavy atom. The molecule has 3 aromatic rings. The summed E-state index contributed by atoms with van der Waals surface area (Å²) in [7, 11) is 4.63. The molecule has 0 aliphatic carbocycles. The van der Waals surface area contributed by atoms with Crippen LogP contribution in [0.1, 0.15) is 17.0 Å². The first kappa shape index (κ1) is 19.3. The van der Waals surface area contributed by atoms with Crippen LogP contribution in [0.3, 0.4) is 0 Å². The molecule has 0 bridgehead atoms. The Hall–Kier alpha value is -3.99. The molecule has 8 nitrogen and oxygen atoms in total. The van der Waals surface area contributed by atoms with Crippen molar-refractivity contribution in [2.75, 3.05) is 21.3 Å². The largest absolute Gasteiger partial charge is 0.496 e. The third-order valence-electron chi connectivity index (χ3n) is 5.17. The van der Waals surface area contributed by atoms with Gasteiger partial charge in [-0.1, -0.05) is 30.3 Å². The molecule has 152 valence electrons. The van der Waals surface area contributed by atoms with E-state index in [1.807, 2.05) is 30.3 Å². The summed E-state index contributed by atoms with van der Waals surface area (Å²) < 4.78 is 22.1. The number of fused-ring (bicyclic) bond motifs is 1. The first-order chi connectivity index (χ1) is 14.6. The maximum Gasteiger partial charge on any atom is 0.244 e. The Kier molecular flexibility index (Phi) is 5.02. The van der Waals surface area contributed by atoms with E-state index in [0.717, 1.165) is 11.3 Å². The van der Waals surface area contributed by atoms with Crippen LogP contribution in [-0.2, 0) is 0 Å². The molecule has 2 unspecified atom stereocenters. The maximum atomic E-state index is 9.91. The number of hydrogen-bond acceptors (Lipinski definition) is 7. The number of benzene rings is 2. The highest BCUT2D eigenvalue weighted by Crippen LogP contribution is 2.50. The Morgan fingerprint density at radius 1 is 1.03 bits per heavy atom. The Bertz CT molecular complexity index is 1130.